The summed E-state index contributed by atoms with van der Waals surface area (Å²) in [5, 5.41) is 8.69. The third-order valence-corrected chi connectivity index (χ3v) is 3.70. The summed E-state index contributed by atoms with van der Waals surface area (Å²) in [6, 6.07) is 6.48. The number of nitrogens with zero attached hydrogens (tertiary/aromatic N) is 1. The fraction of sp³-hybridized carbons (Fsp3) is 0.706. The molecule has 0 aliphatic heterocycles. The van der Waals surface area contributed by atoms with Crippen molar-refractivity contribution < 1.29 is 9.67 Å². The molecule has 0 amide bonds. The van der Waals surface area contributed by atoms with Crippen LogP contribution in [0.15, 0.2) is 24.4 Å². The first-order valence-corrected chi connectivity index (χ1v) is 7.96. The second kappa shape index (κ2) is 11.0. The first-order chi connectivity index (χ1) is 9.38. The molecule has 0 saturated heterocycles. The Balaban J connectivity index is 2.01. The van der Waals surface area contributed by atoms with Crippen LogP contribution >= 0.6 is 0 Å². The maximum Gasteiger partial charge on any atom is 0.181 e. The monoisotopic (exact) mass is 264 g/mol. The Morgan fingerprint density at radius 3 is 2.16 bits per heavy atom. The Kier molecular flexibility index (Phi) is 9.34. The normalized spacial score (nSPS) is 10.8. The van der Waals surface area contributed by atoms with Gasteiger partial charge >= 0.3 is 0 Å². The number of aliphatic hydroxyl groups is 1. The van der Waals surface area contributed by atoms with Gasteiger partial charge in [0.1, 0.15) is 6.54 Å². The minimum absolute atomic E-state index is 0.355. The highest BCUT2D eigenvalue weighted by Gasteiger charge is 2.05. The summed E-state index contributed by atoms with van der Waals surface area (Å²) in [5.74, 6) is 0. The zero-order valence-electron chi connectivity index (χ0n) is 12.5. The fourth-order valence-corrected chi connectivity index (χ4v) is 2.51. The lowest BCUT2D eigenvalue weighted by molar-refractivity contribution is -0.704. The lowest BCUT2D eigenvalue weighted by atomic mass is 10.1. The molecule has 1 aromatic rings. The highest BCUT2D eigenvalue weighted by molar-refractivity contribution is 4.96. The van der Waals surface area contributed by atoms with Crippen molar-refractivity contribution >= 4 is 0 Å². The molecule has 0 aliphatic carbocycles. The highest BCUT2D eigenvalue weighted by Crippen LogP contribution is 2.08. The molecule has 0 aromatic carbocycles. The zero-order chi connectivity index (χ0) is 13.8. The molecule has 0 spiro atoms. The van der Waals surface area contributed by atoms with Crippen LogP contribution in [-0.2, 0) is 13.0 Å². The summed E-state index contributed by atoms with van der Waals surface area (Å²) in [6.07, 6.45) is 13.4. The molecule has 0 saturated carbocycles. The van der Waals surface area contributed by atoms with Crippen molar-refractivity contribution in [1.82, 2.24) is 0 Å². The number of hydrogen-bond acceptors (Lipinski definition) is 1. The molecule has 0 atom stereocenters. The van der Waals surface area contributed by atoms with Crippen LogP contribution in [0.4, 0.5) is 0 Å². The van der Waals surface area contributed by atoms with Crippen molar-refractivity contribution in [3.63, 3.8) is 0 Å². The van der Waals surface area contributed by atoms with E-state index >= 15 is 0 Å². The van der Waals surface area contributed by atoms with Gasteiger partial charge < -0.3 is 5.11 Å². The van der Waals surface area contributed by atoms with Crippen molar-refractivity contribution in [3.8, 4) is 0 Å². The summed E-state index contributed by atoms with van der Waals surface area (Å²) in [7, 11) is 0. The molecule has 2 nitrogen and oxygen atoms in total. The van der Waals surface area contributed by atoms with Gasteiger partial charge in [0.25, 0.3) is 0 Å². The molecule has 0 radical (unpaired) electrons. The van der Waals surface area contributed by atoms with Crippen molar-refractivity contribution in [1.29, 1.82) is 0 Å². The second-order valence-corrected chi connectivity index (χ2v) is 5.29. The third kappa shape index (κ3) is 7.31. The average Bonchev–Trinajstić information content (AvgIpc) is 2.46. The summed E-state index contributed by atoms with van der Waals surface area (Å²) in [4.78, 5) is 0. The van der Waals surface area contributed by atoms with E-state index in [9.17, 15) is 0 Å². The van der Waals surface area contributed by atoms with E-state index in [1.807, 2.05) is 0 Å². The topological polar surface area (TPSA) is 24.1 Å². The van der Waals surface area contributed by atoms with Crippen molar-refractivity contribution in [3.05, 3.63) is 30.1 Å². The summed E-state index contributed by atoms with van der Waals surface area (Å²) in [5.41, 5.74) is 1.44. The van der Waals surface area contributed by atoms with Crippen LogP contribution < -0.4 is 4.57 Å². The Bertz CT molecular complexity index is 325. The lowest BCUT2D eigenvalue weighted by Gasteiger charge is -2.03. The number of unbranched alkanes of at least 4 members (excludes halogenated alkanes) is 7. The number of aryl methyl sites for hydroxylation is 2. The number of aliphatic hydroxyl groups excluding tert-OH is 1. The number of pyridine rings is 1. The van der Waals surface area contributed by atoms with Crippen LogP contribution in [0.2, 0.25) is 0 Å². The third-order valence-electron chi connectivity index (χ3n) is 3.70. The zero-order valence-corrected chi connectivity index (χ0v) is 12.5. The van der Waals surface area contributed by atoms with E-state index in [0.717, 1.165) is 19.4 Å². The van der Waals surface area contributed by atoms with Crippen LogP contribution in [0.1, 0.15) is 64.0 Å². The van der Waals surface area contributed by atoms with Crippen molar-refractivity contribution in [2.24, 2.45) is 0 Å². The van der Waals surface area contributed by atoms with E-state index in [4.69, 9.17) is 5.11 Å². The molecule has 1 heterocycles. The molecular formula is C17H30NO+. The van der Waals surface area contributed by atoms with Gasteiger partial charge in [-0.25, -0.2) is 4.57 Å². The van der Waals surface area contributed by atoms with E-state index in [0.29, 0.717) is 6.61 Å². The number of hydrogen-bond donors (Lipinski definition) is 1. The maximum absolute atomic E-state index is 8.69. The van der Waals surface area contributed by atoms with Crippen molar-refractivity contribution in [2.45, 2.75) is 71.3 Å². The number of rotatable bonds is 11. The smallest absolute Gasteiger partial charge is 0.181 e. The van der Waals surface area contributed by atoms with Crippen LogP contribution in [0, 0.1) is 0 Å². The molecule has 19 heavy (non-hydrogen) atoms. The molecule has 0 unspecified atom stereocenters. The fourth-order valence-electron chi connectivity index (χ4n) is 2.51. The minimum atomic E-state index is 0.355. The molecule has 1 rings (SSSR count). The quantitative estimate of drug-likeness (QED) is 0.479. The maximum atomic E-state index is 8.69. The molecule has 0 bridgehead atoms. The molecule has 2 heteroatoms. The summed E-state index contributed by atoms with van der Waals surface area (Å²) in [6.45, 7) is 3.74. The SMILES string of the molecule is CCc1cccc[n+]1CCCCCCCCCCO. The van der Waals surface area contributed by atoms with Crippen molar-refractivity contribution in [2.75, 3.05) is 6.61 Å². The van der Waals surface area contributed by atoms with Gasteiger partial charge in [0.2, 0.25) is 0 Å². The average molecular weight is 264 g/mol. The minimum Gasteiger partial charge on any atom is -0.396 e. The summed E-state index contributed by atoms with van der Waals surface area (Å²) < 4.78 is 2.39. The summed E-state index contributed by atoms with van der Waals surface area (Å²) >= 11 is 0. The Labute approximate surface area is 118 Å². The van der Waals surface area contributed by atoms with Gasteiger partial charge in [0, 0.05) is 31.6 Å². The Morgan fingerprint density at radius 1 is 0.895 bits per heavy atom. The van der Waals surface area contributed by atoms with E-state index in [1.54, 1.807) is 0 Å². The van der Waals surface area contributed by atoms with Crippen LogP contribution in [-0.4, -0.2) is 11.7 Å². The first-order valence-electron chi connectivity index (χ1n) is 7.96. The van der Waals surface area contributed by atoms with Crippen LogP contribution in [0.25, 0.3) is 0 Å². The molecule has 1 aromatic heterocycles. The van der Waals surface area contributed by atoms with E-state index in [-0.39, 0.29) is 0 Å². The highest BCUT2D eigenvalue weighted by atomic mass is 16.2. The molecule has 108 valence electrons. The molecule has 0 fully saturated rings. The Hall–Kier alpha value is -0.890. The van der Waals surface area contributed by atoms with Crippen LogP contribution in [0.3, 0.4) is 0 Å². The van der Waals surface area contributed by atoms with Gasteiger partial charge in [0.15, 0.2) is 11.9 Å². The van der Waals surface area contributed by atoms with Gasteiger partial charge in [-0.1, -0.05) is 45.1 Å². The van der Waals surface area contributed by atoms with E-state index in [2.05, 4.69) is 35.9 Å². The van der Waals surface area contributed by atoms with Gasteiger partial charge in [-0.15, -0.1) is 0 Å². The predicted molar refractivity (Wildman–Crippen MR) is 80.0 cm³/mol. The molecule has 1 N–H and O–H groups in total. The standard InChI is InChI=1S/C17H30NO/c1-2-17-13-9-11-15-18(17)14-10-7-5-3-4-6-8-12-16-19/h9,11,13,15,19H,2-8,10,12,14,16H2,1H3/q+1. The molecular weight excluding hydrogens is 234 g/mol. The number of aromatic nitrogens is 1. The van der Waals surface area contributed by atoms with Gasteiger partial charge in [-0.2, -0.15) is 0 Å². The second-order valence-electron chi connectivity index (χ2n) is 5.29. The van der Waals surface area contributed by atoms with Gasteiger partial charge in [-0.05, 0) is 12.8 Å². The lowest BCUT2D eigenvalue weighted by Crippen LogP contribution is -2.37. The Morgan fingerprint density at radius 2 is 1.53 bits per heavy atom. The van der Waals surface area contributed by atoms with Gasteiger partial charge in [0.05, 0.1) is 0 Å². The largest absolute Gasteiger partial charge is 0.396 e. The van der Waals surface area contributed by atoms with Gasteiger partial charge in [-0.3, -0.25) is 0 Å². The molecule has 0 aliphatic rings. The van der Waals surface area contributed by atoms with E-state index < -0.39 is 0 Å². The van der Waals surface area contributed by atoms with Crippen LogP contribution in [0.5, 0.6) is 0 Å². The van der Waals surface area contributed by atoms with E-state index in [1.165, 1.54) is 50.6 Å². The first kappa shape index (κ1) is 16.2. The predicted octanol–water partition coefficient (Wildman–Crippen LogP) is 3.65.